The number of alkyl halides is 1. The smallest absolute Gasteiger partial charge is 0.121 e. The Labute approximate surface area is 56.1 Å². The predicted octanol–water partition coefficient (Wildman–Crippen LogP) is 2.87. The fourth-order valence-corrected chi connectivity index (χ4v) is 0.445. The quantitative estimate of drug-likeness (QED) is 0.513. The van der Waals surface area contributed by atoms with Crippen LogP contribution in [0, 0.1) is 0 Å². The molecule has 0 aliphatic carbocycles. The molecule has 0 heterocycles. The van der Waals surface area contributed by atoms with Crippen molar-refractivity contribution in [2.45, 2.75) is 26.4 Å². The van der Waals surface area contributed by atoms with Gasteiger partial charge in [-0.05, 0) is 13.8 Å². The van der Waals surface area contributed by atoms with Crippen LogP contribution < -0.4 is 0 Å². The van der Waals surface area contributed by atoms with Crippen LogP contribution in [0.3, 0.4) is 0 Å². The van der Waals surface area contributed by atoms with Crippen LogP contribution in [0.1, 0.15) is 20.3 Å². The molecule has 0 rings (SSSR count). The first-order valence-electron chi connectivity index (χ1n) is 3.06. The Morgan fingerprint density at radius 1 is 1.67 bits per heavy atom. The summed E-state index contributed by atoms with van der Waals surface area (Å²) in [6.07, 6.45) is 2.78. The Morgan fingerprint density at radius 2 is 2.22 bits per heavy atom. The standard InChI is InChI=1S/C8H13F/c1-4-8(9)6-5-7(2)3/h4-5,8H,1,6H2,2-3H3. The normalized spacial score (nSPS) is 12.3. The highest BCUT2D eigenvalue weighted by atomic mass is 19.1. The molecule has 1 heteroatoms. The molecule has 0 amide bonds. The molecule has 9 heavy (non-hydrogen) atoms. The summed E-state index contributed by atoms with van der Waals surface area (Å²) in [6.45, 7) is 7.24. The lowest BCUT2D eigenvalue weighted by molar-refractivity contribution is 0.404. The van der Waals surface area contributed by atoms with E-state index in [2.05, 4.69) is 6.58 Å². The molecule has 0 nitrogen and oxygen atoms in total. The third-order valence-corrected chi connectivity index (χ3v) is 1.01. The summed E-state index contributed by atoms with van der Waals surface area (Å²) in [6, 6.07) is 0. The molecule has 0 fully saturated rings. The van der Waals surface area contributed by atoms with Gasteiger partial charge in [-0.1, -0.05) is 17.7 Å². The number of hydrogen-bond donors (Lipinski definition) is 0. The van der Waals surface area contributed by atoms with Crippen LogP contribution in [0.5, 0.6) is 0 Å². The third kappa shape index (κ3) is 5.28. The van der Waals surface area contributed by atoms with Crippen LogP contribution in [-0.4, -0.2) is 6.17 Å². The van der Waals surface area contributed by atoms with Gasteiger partial charge in [0.2, 0.25) is 0 Å². The molecule has 0 radical (unpaired) electrons. The van der Waals surface area contributed by atoms with E-state index in [1.807, 2.05) is 19.9 Å². The lowest BCUT2D eigenvalue weighted by atomic mass is 10.2. The van der Waals surface area contributed by atoms with Gasteiger partial charge in [0.1, 0.15) is 6.17 Å². The minimum atomic E-state index is -0.875. The van der Waals surface area contributed by atoms with Gasteiger partial charge in [-0.2, -0.15) is 0 Å². The lowest BCUT2D eigenvalue weighted by Crippen LogP contribution is -1.90. The molecule has 0 aliphatic heterocycles. The van der Waals surface area contributed by atoms with Crippen molar-refractivity contribution in [3.63, 3.8) is 0 Å². The Kier molecular flexibility index (Phi) is 4.02. The van der Waals surface area contributed by atoms with Gasteiger partial charge < -0.3 is 0 Å². The molecule has 0 spiro atoms. The Hall–Kier alpha value is -0.590. The molecule has 1 atom stereocenters. The van der Waals surface area contributed by atoms with Gasteiger partial charge in [0, 0.05) is 6.42 Å². The maximum atomic E-state index is 12.3. The van der Waals surface area contributed by atoms with Crippen molar-refractivity contribution < 1.29 is 4.39 Å². The molecular formula is C8H13F. The zero-order valence-electron chi connectivity index (χ0n) is 6.02. The predicted molar refractivity (Wildman–Crippen MR) is 39.1 cm³/mol. The Bertz CT molecular complexity index is 110. The van der Waals surface area contributed by atoms with E-state index in [4.69, 9.17) is 0 Å². The number of rotatable bonds is 3. The number of hydrogen-bond acceptors (Lipinski definition) is 0. The molecular weight excluding hydrogens is 115 g/mol. The topological polar surface area (TPSA) is 0 Å². The van der Waals surface area contributed by atoms with Crippen LogP contribution in [0.4, 0.5) is 4.39 Å². The summed E-state index contributed by atoms with van der Waals surface area (Å²) in [5, 5.41) is 0. The first kappa shape index (κ1) is 8.41. The van der Waals surface area contributed by atoms with Gasteiger partial charge in [0.25, 0.3) is 0 Å². The summed E-state index contributed by atoms with van der Waals surface area (Å²) in [4.78, 5) is 0. The molecule has 0 saturated carbocycles. The molecule has 0 saturated heterocycles. The highest BCUT2D eigenvalue weighted by Gasteiger charge is 1.94. The maximum absolute atomic E-state index is 12.3. The van der Waals surface area contributed by atoms with Gasteiger partial charge in [-0.15, -0.1) is 6.58 Å². The van der Waals surface area contributed by atoms with E-state index in [0.29, 0.717) is 6.42 Å². The monoisotopic (exact) mass is 128 g/mol. The summed E-state index contributed by atoms with van der Waals surface area (Å²) < 4.78 is 12.3. The Morgan fingerprint density at radius 3 is 2.56 bits per heavy atom. The van der Waals surface area contributed by atoms with Crippen molar-refractivity contribution in [2.75, 3.05) is 0 Å². The van der Waals surface area contributed by atoms with E-state index in [9.17, 15) is 4.39 Å². The van der Waals surface area contributed by atoms with Gasteiger partial charge in [-0.3, -0.25) is 0 Å². The molecule has 0 bridgehead atoms. The summed E-state index contributed by atoms with van der Waals surface area (Å²) in [5.41, 5.74) is 1.15. The third-order valence-electron chi connectivity index (χ3n) is 1.01. The van der Waals surface area contributed by atoms with Crippen LogP contribution in [0.15, 0.2) is 24.3 Å². The second-order valence-electron chi connectivity index (χ2n) is 2.27. The van der Waals surface area contributed by atoms with Crippen molar-refractivity contribution in [3.8, 4) is 0 Å². The average Bonchev–Trinajstić information content (AvgIpc) is 1.83. The van der Waals surface area contributed by atoms with E-state index in [1.165, 1.54) is 6.08 Å². The van der Waals surface area contributed by atoms with Gasteiger partial charge >= 0.3 is 0 Å². The highest BCUT2D eigenvalue weighted by molar-refractivity contribution is 4.97. The maximum Gasteiger partial charge on any atom is 0.121 e. The van der Waals surface area contributed by atoms with E-state index in [0.717, 1.165) is 5.57 Å². The van der Waals surface area contributed by atoms with Crippen molar-refractivity contribution in [1.29, 1.82) is 0 Å². The van der Waals surface area contributed by atoms with Crippen molar-refractivity contribution in [2.24, 2.45) is 0 Å². The first-order chi connectivity index (χ1) is 4.16. The molecule has 1 unspecified atom stereocenters. The lowest BCUT2D eigenvalue weighted by Gasteiger charge is -1.95. The fourth-order valence-electron chi connectivity index (χ4n) is 0.445. The molecule has 0 aromatic rings. The molecule has 0 aromatic carbocycles. The van der Waals surface area contributed by atoms with E-state index < -0.39 is 6.17 Å². The van der Waals surface area contributed by atoms with Crippen LogP contribution >= 0.6 is 0 Å². The minimum absolute atomic E-state index is 0.464. The van der Waals surface area contributed by atoms with Crippen LogP contribution in [-0.2, 0) is 0 Å². The molecule has 0 aliphatic rings. The van der Waals surface area contributed by atoms with Crippen LogP contribution in [0.25, 0.3) is 0 Å². The zero-order valence-corrected chi connectivity index (χ0v) is 6.02. The first-order valence-corrected chi connectivity index (χ1v) is 3.06. The molecule has 0 N–H and O–H groups in total. The number of allylic oxidation sites excluding steroid dienone is 3. The second kappa shape index (κ2) is 4.30. The Balaban J connectivity index is 3.49. The van der Waals surface area contributed by atoms with E-state index in [1.54, 1.807) is 0 Å². The molecule has 0 aromatic heterocycles. The molecule has 52 valence electrons. The SMILES string of the molecule is C=CC(F)CC=C(C)C. The van der Waals surface area contributed by atoms with E-state index in [-0.39, 0.29) is 0 Å². The van der Waals surface area contributed by atoms with E-state index >= 15 is 0 Å². The summed E-state index contributed by atoms with van der Waals surface area (Å²) in [5.74, 6) is 0. The largest absolute Gasteiger partial charge is 0.243 e. The van der Waals surface area contributed by atoms with Crippen molar-refractivity contribution in [3.05, 3.63) is 24.3 Å². The fraction of sp³-hybridized carbons (Fsp3) is 0.500. The van der Waals surface area contributed by atoms with Gasteiger partial charge in [0.05, 0.1) is 0 Å². The zero-order chi connectivity index (χ0) is 7.28. The highest BCUT2D eigenvalue weighted by Crippen LogP contribution is 2.02. The number of halogens is 1. The minimum Gasteiger partial charge on any atom is -0.243 e. The summed E-state index contributed by atoms with van der Waals surface area (Å²) >= 11 is 0. The average molecular weight is 128 g/mol. The second-order valence-corrected chi connectivity index (χ2v) is 2.27. The summed E-state index contributed by atoms with van der Waals surface area (Å²) in [7, 11) is 0. The van der Waals surface area contributed by atoms with Gasteiger partial charge in [0.15, 0.2) is 0 Å². The van der Waals surface area contributed by atoms with Crippen molar-refractivity contribution in [1.82, 2.24) is 0 Å². The van der Waals surface area contributed by atoms with Crippen LogP contribution in [0.2, 0.25) is 0 Å². The van der Waals surface area contributed by atoms with Gasteiger partial charge in [-0.25, -0.2) is 4.39 Å². The van der Waals surface area contributed by atoms with Crippen molar-refractivity contribution >= 4 is 0 Å².